The largest absolute Gasteiger partial charge is 0.296 e. The highest BCUT2D eigenvalue weighted by molar-refractivity contribution is 7.91. The van der Waals surface area contributed by atoms with Gasteiger partial charge in [-0.3, -0.25) is 4.90 Å². The molecule has 28 heavy (non-hydrogen) atoms. The molecule has 0 saturated carbocycles. The third-order valence-corrected chi connectivity index (χ3v) is 7.54. The lowest BCUT2D eigenvalue weighted by Crippen LogP contribution is -2.38. The fourth-order valence-electron chi connectivity index (χ4n) is 2.98. The zero-order chi connectivity index (χ0) is 20.9. The lowest BCUT2D eigenvalue weighted by atomic mass is 10.1. The molecule has 9 heteroatoms. The first kappa shape index (κ1) is 22.8. The van der Waals surface area contributed by atoms with Gasteiger partial charge in [0.2, 0.25) is 10.0 Å². The molecule has 1 unspecified atom stereocenters. The van der Waals surface area contributed by atoms with Gasteiger partial charge in [0.25, 0.3) is 0 Å². The van der Waals surface area contributed by atoms with Crippen molar-refractivity contribution in [3.63, 3.8) is 0 Å². The van der Waals surface area contributed by atoms with Crippen LogP contribution in [-0.4, -0.2) is 47.6 Å². The summed E-state index contributed by atoms with van der Waals surface area (Å²) in [6.07, 6.45) is 1.02. The van der Waals surface area contributed by atoms with Gasteiger partial charge in [-0.1, -0.05) is 55.8 Å². The minimum absolute atomic E-state index is 0.0287. The molecule has 0 amide bonds. The van der Waals surface area contributed by atoms with Gasteiger partial charge in [0.05, 0.1) is 9.92 Å². The first-order valence-corrected chi connectivity index (χ1v) is 12.6. The van der Waals surface area contributed by atoms with Gasteiger partial charge in [-0.2, -0.15) is 0 Å². The summed E-state index contributed by atoms with van der Waals surface area (Å²) in [6, 6.07) is 13.1. The zero-order valence-electron chi connectivity index (χ0n) is 16.1. The molecule has 0 radical (unpaired) electrons. The molecular formula is C19H25ClN2O4S2. The number of sulfonamides is 1. The van der Waals surface area contributed by atoms with E-state index in [0.29, 0.717) is 0 Å². The van der Waals surface area contributed by atoms with Crippen molar-refractivity contribution in [2.45, 2.75) is 29.7 Å². The molecule has 154 valence electrons. The van der Waals surface area contributed by atoms with Crippen LogP contribution in [0.4, 0.5) is 0 Å². The number of likely N-dealkylation sites (N-methyl/N-ethyl adjacent to an activating group) is 1. The van der Waals surface area contributed by atoms with Gasteiger partial charge in [0.1, 0.15) is 4.90 Å². The molecule has 0 spiro atoms. The molecule has 0 aliphatic carbocycles. The molecule has 0 aliphatic heterocycles. The van der Waals surface area contributed by atoms with Crippen LogP contribution in [0.2, 0.25) is 5.02 Å². The van der Waals surface area contributed by atoms with Crippen molar-refractivity contribution in [3.05, 3.63) is 59.1 Å². The van der Waals surface area contributed by atoms with E-state index in [-0.39, 0.29) is 27.4 Å². The minimum atomic E-state index is -4.00. The van der Waals surface area contributed by atoms with Crippen molar-refractivity contribution < 1.29 is 16.8 Å². The maximum absolute atomic E-state index is 12.9. The quantitative estimate of drug-likeness (QED) is 0.642. The summed E-state index contributed by atoms with van der Waals surface area (Å²) in [5, 5.41) is -0.0287. The average molecular weight is 445 g/mol. The van der Waals surface area contributed by atoms with E-state index in [9.17, 15) is 16.8 Å². The zero-order valence-corrected chi connectivity index (χ0v) is 18.5. The van der Waals surface area contributed by atoms with Crippen LogP contribution in [0.3, 0.4) is 0 Å². The number of nitrogens with one attached hydrogen (secondary N) is 1. The smallest absolute Gasteiger partial charge is 0.242 e. The van der Waals surface area contributed by atoms with Gasteiger partial charge in [-0.25, -0.2) is 21.6 Å². The summed E-state index contributed by atoms with van der Waals surface area (Å²) in [5.41, 5.74) is 0.991. The van der Waals surface area contributed by atoms with E-state index < -0.39 is 19.9 Å². The van der Waals surface area contributed by atoms with Crippen LogP contribution in [0.25, 0.3) is 0 Å². The molecule has 1 N–H and O–H groups in total. The molecule has 0 fully saturated rings. The monoisotopic (exact) mass is 444 g/mol. The fraction of sp³-hybridized carbons (Fsp3) is 0.368. The molecule has 0 aromatic heterocycles. The van der Waals surface area contributed by atoms with Crippen molar-refractivity contribution >= 4 is 31.5 Å². The Labute approximate surface area is 172 Å². The lowest BCUT2D eigenvalue weighted by molar-refractivity contribution is 0.220. The number of sulfone groups is 1. The van der Waals surface area contributed by atoms with E-state index in [0.717, 1.165) is 31.0 Å². The number of rotatable bonds is 9. The maximum Gasteiger partial charge on any atom is 0.242 e. The molecule has 0 saturated heterocycles. The van der Waals surface area contributed by atoms with E-state index in [1.807, 2.05) is 44.2 Å². The molecule has 0 aliphatic rings. The van der Waals surface area contributed by atoms with Crippen LogP contribution < -0.4 is 4.72 Å². The van der Waals surface area contributed by atoms with Gasteiger partial charge < -0.3 is 0 Å². The normalized spacial score (nSPS) is 13.6. The Morgan fingerprint density at radius 3 is 2.14 bits per heavy atom. The molecule has 2 aromatic rings. The molecule has 2 rings (SSSR count). The van der Waals surface area contributed by atoms with Crippen molar-refractivity contribution in [2.24, 2.45) is 0 Å². The SMILES string of the molecule is CCN(CC)C(CNS(=O)(=O)c1cc(S(C)(=O)=O)ccc1Cl)c1ccccc1. The summed E-state index contributed by atoms with van der Waals surface area (Å²) < 4.78 is 51.9. The van der Waals surface area contributed by atoms with Crippen LogP contribution in [0.5, 0.6) is 0 Å². The number of nitrogens with zero attached hydrogens (tertiary/aromatic N) is 1. The highest BCUT2D eigenvalue weighted by Crippen LogP contribution is 2.26. The molecule has 0 heterocycles. The van der Waals surface area contributed by atoms with Gasteiger partial charge in [0, 0.05) is 18.8 Å². The lowest BCUT2D eigenvalue weighted by Gasteiger charge is -2.30. The summed E-state index contributed by atoms with van der Waals surface area (Å²) in [7, 11) is -7.56. The number of hydrogen-bond donors (Lipinski definition) is 1. The van der Waals surface area contributed by atoms with Crippen molar-refractivity contribution in [3.8, 4) is 0 Å². The van der Waals surface area contributed by atoms with E-state index in [2.05, 4.69) is 9.62 Å². The van der Waals surface area contributed by atoms with Crippen molar-refractivity contribution in [2.75, 3.05) is 25.9 Å². The third-order valence-electron chi connectivity index (χ3n) is 4.52. The van der Waals surface area contributed by atoms with E-state index >= 15 is 0 Å². The highest BCUT2D eigenvalue weighted by atomic mass is 35.5. The predicted molar refractivity (Wildman–Crippen MR) is 112 cm³/mol. The molecule has 2 aromatic carbocycles. The number of hydrogen-bond acceptors (Lipinski definition) is 5. The maximum atomic E-state index is 12.9. The standard InChI is InChI=1S/C19H25ClN2O4S2/c1-4-22(5-2)18(15-9-7-6-8-10-15)14-21-28(25,26)19-13-16(27(3,23)24)11-12-17(19)20/h6-13,18,21H,4-5,14H2,1-3H3. The molecule has 6 nitrogen and oxygen atoms in total. The first-order chi connectivity index (χ1) is 13.1. The van der Waals surface area contributed by atoms with Crippen molar-refractivity contribution in [1.29, 1.82) is 0 Å². The Kier molecular flexibility index (Phi) is 7.64. The van der Waals surface area contributed by atoms with Crippen LogP contribution >= 0.6 is 11.6 Å². The summed E-state index contributed by atoms with van der Waals surface area (Å²) in [5.74, 6) is 0. The van der Waals surface area contributed by atoms with Crippen LogP contribution in [-0.2, 0) is 19.9 Å². The minimum Gasteiger partial charge on any atom is -0.296 e. The molecule has 0 bridgehead atoms. The van der Waals surface area contributed by atoms with E-state index in [1.165, 1.54) is 12.1 Å². The topological polar surface area (TPSA) is 83.6 Å². The van der Waals surface area contributed by atoms with Gasteiger partial charge >= 0.3 is 0 Å². The number of halogens is 1. The van der Waals surface area contributed by atoms with Gasteiger partial charge in [0.15, 0.2) is 9.84 Å². The summed E-state index contributed by atoms with van der Waals surface area (Å²) in [4.78, 5) is 1.80. The predicted octanol–water partition coefficient (Wildman–Crippen LogP) is 3.10. The van der Waals surface area contributed by atoms with Crippen LogP contribution in [0.1, 0.15) is 25.5 Å². The second-order valence-electron chi connectivity index (χ2n) is 6.36. The first-order valence-electron chi connectivity index (χ1n) is 8.88. The highest BCUT2D eigenvalue weighted by Gasteiger charge is 2.24. The third kappa shape index (κ3) is 5.55. The van der Waals surface area contributed by atoms with E-state index in [4.69, 9.17) is 11.6 Å². The van der Waals surface area contributed by atoms with Crippen LogP contribution in [0.15, 0.2) is 58.3 Å². The second kappa shape index (κ2) is 9.37. The molecular weight excluding hydrogens is 420 g/mol. The Hall–Kier alpha value is -1.45. The Balaban J connectivity index is 2.35. The molecule has 1 atom stereocenters. The second-order valence-corrected chi connectivity index (χ2v) is 10.5. The summed E-state index contributed by atoms with van der Waals surface area (Å²) in [6.45, 7) is 5.67. The average Bonchev–Trinajstić information content (AvgIpc) is 2.65. The van der Waals surface area contributed by atoms with Gasteiger partial charge in [-0.15, -0.1) is 0 Å². The fourth-order valence-corrected chi connectivity index (χ4v) is 5.27. The van der Waals surface area contributed by atoms with Crippen molar-refractivity contribution in [1.82, 2.24) is 9.62 Å². The Morgan fingerprint density at radius 1 is 1.00 bits per heavy atom. The van der Waals surface area contributed by atoms with E-state index in [1.54, 1.807) is 0 Å². The van der Waals surface area contributed by atoms with Crippen LogP contribution in [0, 0.1) is 0 Å². The summed E-state index contributed by atoms with van der Waals surface area (Å²) >= 11 is 6.06. The van der Waals surface area contributed by atoms with Gasteiger partial charge in [-0.05, 0) is 36.9 Å². The Morgan fingerprint density at radius 2 is 1.61 bits per heavy atom. The number of benzene rings is 2. The Bertz CT molecular complexity index is 1010.